The average molecular weight is 289 g/mol. The lowest BCUT2D eigenvalue weighted by Gasteiger charge is -2.05. The fraction of sp³-hybridized carbons (Fsp3) is 0.182. The predicted molar refractivity (Wildman–Crippen MR) is 66.3 cm³/mol. The zero-order valence-electron chi connectivity index (χ0n) is 8.31. The molecule has 0 aliphatic heterocycles. The standard InChI is InChI=1S/C11H11BrClNO/c1-7(2)6-14-11(15)8-3-4-9(12)10(13)5-8/h3-5H,1,6H2,2H3,(H,14,15). The highest BCUT2D eigenvalue weighted by Crippen LogP contribution is 2.23. The normalized spacial score (nSPS) is 9.80. The van der Waals surface area contributed by atoms with Crippen molar-refractivity contribution in [2.24, 2.45) is 0 Å². The van der Waals surface area contributed by atoms with Gasteiger partial charge in [-0.05, 0) is 41.1 Å². The topological polar surface area (TPSA) is 29.1 Å². The monoisotopic (exact) mass is 287 g/mol. The highest BCUT2D eigenvalue weighted by atomic mass is 79.9. The quantitative estimate of drug-likeness (QED) is 0.849. The van der Waals surface area contributed by atoms with Crippen LogP contribution in [0.4, 0.5) is 0 Å². The lowest BCUT2D eigenvalue weighted by atomic mass is 10.2. The van der Waals surface area contributed by atoms with Gasteiger partial charge in [0.1, 0.15) is 0 Å². The van der Waals surface area contributed by atoms with E-state index in [0.29, 0.717) is 17.1 Å². The van der Waals surface area contributed by atoms with Crippen molar-refractivity contribution in [3.05, 3.63) is 45.4 Å². The van der Waals surface area contributed by atoms with Crippen molar-refractivity contribution in [1.82, 2.24) is 5.32 Å². The van der Waals surface area contributed by atoms with E-state index < -0.39 is 0 Å². The number of amides is 1. The molecule has 0 heterocycles. The van der Waals surface area contributed by atoms with Crippen LogP contribution >= 0.6 is 27.5 Å². The molecule has 1 aromatic rings. The lowest BCUT2D eigenvalue weighted by Crippen LogP contribution is -2.24. The Morgan fingerprint density at radius 1 is 1.60 bits per heavy atom. The summed E-state index contributed by atoms with van der Waals surface area (Å²) in [5, 5.41) is 3.26. The van der Waals surface area contributed by atoms with Gasteiger partial charge in [0.15, 0.2) is 0 Å². The van der Waals surface area contributed by atoms with Gasteiger partial charge in [0.2, 0.25) is 0 Å². The van der Waals surface area contributed by atoms with Crippen LogP contribution in [0.25, 0.3) is 0 Å². The molecule has 2 nitrogen and oxygen atoms in total. The molecule has 80 valence electrons. The zero-order chi connectivity index (χ0) is 11.4. The maximum absolute atomic E-state index is 11.6. The third-order valence-electron chi connectivity index (χ3n) is 1.73. The van der Waals surface area contributed by atoms with Crippen molar-refractivity contribution < 1.29 is 4.79 Å². The summed E-state index contributed by atoms with van der Waals surface area (Å²) < 4.78 is 0.778. The molecule has 1 amide bonds. The first-order valence-electron chi connectivity index (χ1n) is 4.38. The number of carbonyl (C=O) groups is 1. The van der Waals surface area contributed by atoms with Crippen molar-refractivity contribution in [2.45, 2.75) is 6.92 Å². The van der Waals surface area contributed by atoms with Crippen molar-refractivity contribution >= 4 is 33.4 Å². The summed E-state index contributed by atoms with van der Waals surface area (Å²) in [6.07, 6.45) is 0. The summed E-state index contributed by atoms with van der Waals surface area (Å²) >= 11 is 9.14. The van der Waals surface area contributed by atoms with E-state index >= 15 is 0 Å². The summed E-state index contributed by atoms with van der Waals surface area (Å²) in [5.41, 5.74) is 1.45. The van der Waals surface area contributed by atoms with Crippen LogP contribution in [0.15, 0.2) is 34.8 Å². The van der Waals surface area contributed by atoms with E-state index in [4.69, 9.17) is 11.6 Å². The minimum absolute atomic E-state index is 0.146. The van der Waals surface area contributed by atoms with Crippen LogP contribution in [-0.4, -0.2) is 12.5 Å². The van der Waals surface area contributed by atoms with Crippen molar-refractivity contribution in [3.8, 4) is 0 Å². The van der Waals surface area contributed by atoms with E-state index in [1.54, 1.807) is 18.2 Å². The number of rotatable bonds is 3. The van der Waals surface area contributed by atoms with Gasteiger partial charge in [0.25, 0.3) is 5.91 Å². The Bertz CT molecular complexity index is 404. The Kier molecular flexibility index (Phi) is 4.36. The molecule has 1 aromatic carbocycles. The van der Waals surface area contributed by atoms with E-state index in [1.165, 1.54) is 0 Å². The molecular formula is C11H11BrClNO. The van der Waals surface area contributed by atoms with Gasteiger partial charge in [-0.15, -0.1) is 0 Å². The molecule has 0 atom stereocenters. The molecule has 15 heavy (non-hydrogen) atoms. The van der Waals surface area contributed by atoms with Crippen LogP contribution in [-0.2, 0) is 0 Å². The number of benzene rings is 1. The molecule has 0 aliphatic carbocycles. The Labute approximate surface area is 102 Å². The van der Waals surface area contributed by atoms with Crippen molar-refractivity contribution in [1.29, 1.82) is 0 Å². The maximum Gasteiger partial charge on any atom is 0.251 e. The van der Waals surface area contributed by atoms with Gasteiger partial charge < -0.3 is 5.32 Å². The van der Waals surface area contributed by atoms with E-state index in [1.807, 2.05) is 6.92 Å². The summed E-state index contributed by atoms with van der Waals surface area (Å²) in [6.45, 7) is 6.04. The van der Waals surface area contributed by atoms with Gasteiger partial charge in [-0.3, -0.25) is 4.79 Å². The van der Waals surface area contributed by atoms with Gasteiger partial charge in [-0.2, -0.15) is 0 Å². The Hall–Kier alpha value is -0.800. The summed E-state index contributed by atoms with van der Waals surface area (Å²) in [5.74, 6) is -0.146. The summed E-state index contributed by atoms with van der Waals surface area (Å²) in [7, 11) is 0. The van der Waals surface area contributed by atoms with Crippen LogP contribution in [0.3, 0.4) is 0 Å². The molecule has 0 aliphatic rings. The van der Waals surface area contributed by atoms with Crippen LogP contribution < -0.4 is 5.32 Å². The number of halogens is 2. The fourth-order valence-corrected chi connectivity index (χ4v) is 1.40. The van der Waals surface area contributed by atoms with Crippen molar-refractivity contribution in [3.63, 3.8) is 0 Å². The fourth-order valence-electron chi connectivity index (χ4n) is 0.971. The number of carbonyl (C=O) groups excluding carboxylic acids is 1. The molecule has 0 saturated carbocycles. The largest absolute Gasteiger partial charge is 0.348 e. The van der Waals surface area contributed by atoms with E-state index in [9.17, 15) is 4.79 Å². The Balaban J connectivity index is 2.74. The van der Waals surface area contributed by atoms with Gasteiger partial charge >= 0.3 is 0 Å². The molecule has 0 bridgehead atoms. The number of hydrogen-bond donors (Lipinski definition) is 1. The molecule has 0 saturated heterocycles. The Morgan fingerprint density at radius 3 is 2.80 bits per heavy atom. The summed E-state index contributed by atoms with van der Waals surface area (Å²) in [6, 6.07) is 5.08. The van der Waals surface area contributed by atoms with Gasteiger partial charge in [0.05, 0.1) is 5.02 Å². The smallest absolute Gasteiger partial charge is 0.251 e. The first-order valence-corrected chi connectivity index (χ1v) is 5.55. The van der Waals surface area contributed by atoms with Crippen molar-refractivity contribution in [2.75, 3.05) is 6.54 Å². The molecule has 0 fully saturated rings. The Morgan fingerprint density at radius 2 is 2.27 bits per heavy atom. The molecule has 4 heteroatoms. The second kappa shape index (κ2) is 5.33. The molecular weight excluding hydrogens is 277 g/mol. The highest BCUT2D eigenvalue weighted by molar-refractivity contribution is 9.10. The minimum Gasteiger partial charge on any atom is -0.348 e. The van der Waals surface area contributed by atoms with Gasteiger partial charge in [0, 0.05) is 16.6 Å². The first-order chi connectivity index (χ1) is 7.00. The van der Waals surface area contributed by atoms with Crippen LogP contribution in [0, 0.1) is 0 Å². The second-order valence-corrected chi connectivity index (χ2v) is 4.53. The first kappa shape index (κ1) is 12.3. The number of hydrogen-bond acceptors (Lipinski definition) is 1. The third kappa shape index (κ3) is 3.68. The molecule has 0 spiro atoms. The lowest BCUT2D eigenvalue weighted by molar-refractivity contribution is 0.0957. The van der Waals surface area contributed by atoms with Crippen LogP contribution in [0.1, 0.15) is 17.3 Å². The van der Waals surface area contributed by atoms with Crippen LogP contribution in [0.5, 0.6) is 0 Å². The van der Waals surface area contributed by atoms with Gasteiger partial charge in [-0.1, -0.05) is 23.8 Å². The molecule has 0 radical (unpaired) electrons. The zero-order valence-corrected chi connectivity index (χ0v) is 10.7. The summed E-state index contributed by atoms with van der Waals surface area (Å²) in [4.78, 5) is 11.6. The molecule has 1 N–H and O–H groups in total. The predicted octanol–water partition coefficient (Wildman–Crippen LogP) is 3.41. The SMILES string of the molecule is C=C(C)CNC(=O)c1ccc(Br)c(Cl)c1. The molecule has 1 rings (SSSR count). The third-order valence-corrected chi connectivity index (χ3v) is 2.96. The van der Waals surface area contributed by atoms with Gasteiger partial charge in [-0.25, -0.2) is 0 Å². The van der Waals surface area contributed by atoms with E-state index in [2.05, 4.69) is 27.8 Å². The molecule has 0 aromatic heterocycles. The van der Waals surface area contributed by atoms with Crippen LogP contribution in [0.2, 0.25) is 5.02 Å². The number of nitrogens with one attached hydrogen (secondary N) is 1. The maximum atomic E-state index is 11.6. The average Bonchev–Trinajstić information content (AvgIpc) is 2.18. The second-order valence-electron chi connectivity index (χ2n) is 3.27. The molecule has 0 unspecified atom stereocenters. The van der Waals surface area contributed by atoms with E-state index in [-0.39, 0.29) is 5.91 Å². The minimum atomic E-state index is -0.146. The van der Waals surface area contributed by atoms with E-state index in [0.717, 1.165) is 10.0 Å². The highest BCUT2D eigenvalue weighted by Gasteiger charge is 2.06.